The molecule has 2 aromatic rings. The summed E-state index contributed by atoms with van der Waals surface area (Å²) in [6, 6.07) is 7.28. The van der Waals surface area contributed by atoms with E-state index in [0.29, 0.717) is 37.6 Å². The Hall–Kier alpha value is -2.27. The van der Waals surface area contributed by atoms with E-state index in [-0.39, 0.29) is 17.0 Å². The van der Waals surface area contributed by atoms with Gasteiger partial charge in [0.2, 0.25) is 5.95 Å². The van der Waals surface area contributed by atoms with E-state index in [1.165, 1.54) is 11.8 Å². The Morgan fingerprint density at radius 3 is 2.53 bits per heavy atom. The molecule has 1 amide bonds. The number of hydrogen-bond donors (Lipinski definition) is 0. The number of aromatic nitrogens is 3. The van der Waals surface area contributed by atoms with Crippen LogP contribution in [0.15, 0.2) is 29.4 Å². The normalized spacial score (nSPS) is 17.6. The quantitative estimate of drug-likeness (QED) is 0.603. The molecule has 2 saturated heterocycles. The predicted molar refractivity (Wildman–Crippen MR) is 115 cm³/mol. The Morgan fingerprint density at radius 2 is 1.81 bits per heavy atom. The van der Waals surface area contributed by atoms with Crippen molar-refractivity contribution in [1.29, 1.82) is 0 Å². The molecule has 11 heteroatoms. The van der Waals surface area contributed by atoms with Crippen molar-refractivity contribution >= 4 is 23.6 Å². The summed E-state index contributed by atoms with van der Waals surface area (Å²) in [6.07, 6.45) is -1.21. The number of carbonyl (C=O) groups excluding carboxylic acids is 1. The van der Waals surface area contributed by atoms with Crippen LogP contribution >= 0.6 is 11.8 Å². The van der Waals surface area contributed by atoms with E-state index < -0.39 is 12.7 Å². The van der Waals surface area contributed by atoms with Crippen LogP contribution < -0.4 is 4.90 Å². The number of carbonyl (C=O) groups is 1. The third kappa shape index (κ3) is 5.74. The van der Waals surface area contributed by atoms with E-state index >= 15 is 0 Å². The largest absolute Gasteiger partial charge is 0.406 e. The minimum absolute atomic E-state index is 0.00592. The van der Waals surface area contributed by atoms with Gasteiger partial charge in [-0.2, -0.15) is 13.2 Å². The Labute approximate surface area is 188 Å². The van der Waals surface area contributed by atoms with Crippen LogP contribution in [0.4, 0.5) is 19.1 Å². The first-order chi connectivity index (χ1) is 15.4. The lowest BCUT2D eigenvalue weighted by molar-refractivity contribution is -0.141. The van der Waals surface area contributed by atoms with Crippen molar-refractivity contribution in [3.8, 4) is 0 Å². The lowest BCUT2D eigenvalue weighted by Crippen LogP contribution is -2.38. The van der Waals surface area contributed by atoms with Crippen molar-refractivity contribution in [2.24, 2.45) is 0 Å². The number of amides is 1. The van der Waals surface area contributed by atoms with Gasteiger partial charge in [0.25, 0.3) is 5.91 Å². The number of piperidine rings is 1. The minimum atomic E-state index is -4.39. The molecule has 4 rings (SSSR count). The van der Waals surface area contributed by atoms with Gasteiger partial charge in [-0.3, -0.25) is 9.36 Å². The molecule has 174 valence electrons. The standard InChI is InChI=1S/C21H26F3N5O2S/c22-21(23,24)15-29-19(28-9-11-31-12-10-28)25-26-20(29)32-14-16-5-4-6-17(13-16)18(30)27-7-2-1-3-8-27/h4-6,13H,1-3,7-12,14-15H2. The molecule has 0 spiro atoms. The molecule has 1 aromatic carbocycles. The Kier molecular flexibility index (Phi) is 7.24. The van der Waals surface area contributed by atoms with Crippen LogP contribution in [0.3, 0.4) is 0 Å². The number of halogens is 3. The average Bonchev–Trinajstić information content (AvgIpc) is 3.19. The summed E-state index contributed by atoms with van der Waals surface area (Å²) >= 11 is 1.19. The molecule has 2 aliphatic heterocycles. The number of ether oxygens (including phenoxy) is 1. The highest BCUT2D eigenvalue weighted by Gasteiger charge is 2.33. The zero-order chi connectivity index (χ0) is 22.6. The molecule has 3 heterocycles. The Balaban J connectivity index is 1.48. The molecule has 1 aromatic heterocycles. The van der Waals surface area contributed by atoms with Crippen LogP contribution in [0.25, 0.3) is 0 Å². The molecule has 0 unspecified atom stereocenters. The topological polar surface area (TPSA) is 63.5 Å². The van der Waals surface area contributed by atoms with Crippen molar-refractivity contribution in [3.63, 3.8) is 0 Å². The van der Waals surface area contributed by atoms with Gasteiger partial charge in [-0.25, -0.2) is 0 Å². The number of anilines is 1. The number of morpholine rings is 1. The Bertz CT molecular complexity index is 924. The van der Waals surface area contributed by atoms with Crippen LogP contribution in [0, 0.1) is 0 Å². The number of nitrogens with zero attached hydrogens (tertiary/aromatic N) is 5. The highest BCUT2D eigenvalue weighted by Crippen LogP contribution is 2.30. The minimum Gasteiger partial charge on any atom is -0.378 e. The number of likely N-dealkylation sites (tertiary alicyclic amines) is 1. The molecule has 0 radical (unpaired) electrons. The molecule has 0 N–H and O–H groups in total. The van der Waals surface area contributed by atoms with E-state index in [4.69, 9.17) is 4.74 Å². The summed E-state index contributed by atoms with van der Waals surface area (Å²) in [7, 11) is 0. The third-order valence-corrected chi connectivity index (χ3v) is 6.55. The summed E-state index contributed by atoms with van der Waals surface area (Å²) in [5.41, 5.74) is 1.46. The van der Waals surface area contributed by atoms with Gasteiger partial charge in [-0.05, 0) is 37.0 Å². The molecule has 2 fully saturated rings. The van der Waals surface area contributed by atoms with Gasteiger partial charge in [0, 0.05) is 37.5 Å². The smallest absolute Gasteiger partial charge is 0.378 e. The van der Waals surface area contributed by atoms with Crippen LogP contribution in [0.1, 0.15) is 35.2 Å². The number of rotatable bonds is 6. The highest BCUT2D eigenvalue weighted by molar-refractivity contribution is 7.98. The number of hydrogen-bond acceptors (Lipinski definition) is 6. The van der Waals surface area contributed by atoms with E-state index in [9.17, 15) is 18.0 Å². The van der Waals surface area contributed by atoms with Crippen molar-refractivity contribution in [1.82, 2.24) is 19.7 Å². The zero-order valence-electron chi connectivity index (χ0n) is 17.7. The lowest BCUT2D eigenvalue weighted by atomic mass is 10.1. The monoisotopic (exact) mass is 469 g/mol. The molecule has 2 aliphatic rings. The van der Waals surface area contributed by atoms with Crippen LogP contribution in [0.5, 0.6) is 0 Å². The summed E-state index contributed by atoms with van der Waals surface area (Å²) in [4.78, 5) is 16.4. The van der Waals surface area contributed by atoms with Gasteiger partial charge in [-0.15, -0.1) is 10.2 Å². The average molecular weight is 470 g/mol. The third-order valence-electron chi connectivity index (χ3n) is 5.51. The summed E-state index contributed by atoms with van der Waals surface area (Å²) < 4.78 is 46.2. The molecule has 0 aliphatic carbocycles. The molecule has 0 bridgehead atoms. The molecule has 32 heavy (non-hydrogen) atoms. The van der Waals surface area contributed by atoms with Gasteiger partial charge in [0.15, 0.2) is 5.16 Å². The second kappa shape index (κ2) is 10.1. The lowest BCUT2D eigenvalue weighted by Gasteiger charge is -2.28. The molecule has 0 atom stereocenters. The van der Waals surface area contributed by atoms with Crippen molar-refractivity contribution in [2.75, 3.05) is 44.3 Å². The van der Waals surface area contributed by atoms with Crippen molar-refractivity contribution in [3.05, 3.63) is 35.4 Å². The van der Waals surface area contributed by atoms with E-state index in [1.807, 2.05) is 23.1 Å². The van der Waals surface area contributed by atoms with Crippen molar-refractivity contribution < 1.29 is 22.7 Å². The van der Waals surface area contributed by atoms with Gasteiger partial charge in [-0.1, -0.05) is 23.9 Å². The molecular weight excluding hydrogens is 443 g/mol. The fraction of sp³-hybridized carbons (Fsp3) is 0.571. The SMILES string of the molecule is O=C(c1cccc(CSc2nnc(N3CCOCC3)n2CC(F)(F)F)c1)N1CCCCC1. The van der Waals surface area contributed by atoms with Gasteiger partial charge < -0.3 is 14.5 Å². The summed E-state index contributed by atoms with van der Waals surface area (Å²) in [5, 5.41) is 8.29. The van der Waals surface area contributed by atoms with Crippen LogP contribution in [-0.2, 0) is 17.0 Å². The first-order valence-corrected chi connectivity index (χ1v) is 11.7. The zero-order valence-corrected chi connectivity index (χ0v) is 18.5. The molecular formula is C21H26F3N5O2S. The number of thioether (sulfide) groups is 1. The number of alkyl halides is 3. The maximum Gasteiger partial charge on any atom is 0.406 e. The van der Waals surface area contributed by atoms with E-state index in [0.717, 1.165) is 42.5 Å². The van der Waals surface area contributed by atoms with E-state index in [2.05, 4.69) is 10.2 Å². The molecule has 7 nitrogen and oxygen atoms in total. The Morgan fingerprint density at radius 1 is 1.06 bits per heavy atom. The van der Waals surface area contributed by atoms with Crippen molar-refractivity contribution in [2.45, 2.75) is 42.9 Å². The highest BCUT2D eigenvalue weighted by atomic mass is 32.2. The second-order valence-corrected chi connectivity index (χ2v) is 8.87. The maximum atomic E-state index is 13.3. The number of benzene rings is 1. The van der Waals surface area contributed by atoms with Gasteiger partial charge >= 0.3 is 6.18 Å². The first kappa shape index (κ1) is 22.9. The summed E-state index contributed by atoms with van der Waals surface area (Å²) in [5.74, 6) is 0.605. The fourth-order valence-corrected chi connectivity index (χ4v) is 4.80. The van der Waals surface area contributed by atoms with E-state index in [1.54, 1.807) is 11.0 Å². The van der Waals surface area contributed by atoms with Crippen LogP contribution in [0.2, 0.25) is 0 Å². The summed E-state index contributed by atoms with van der Waals surface area (Å²) in [6.45, 7) is 2.22. The fourth-order valence-electron chi connectivity index (χ4n) is 3.92. The maximum absolute atomic E-state index is 13.3. The molecule has 0 saturated carbocycles. The predicted octanol–water partition coefficient (Wildman–Crippen LogP) is 3.60. The van der Waals surface area contributed by atoms with Crippen LogP contribution in [-0.4, -0.2) is 71.1 Å². The first-order valence-electron chi connectivity index (χ1n) is 10.7. The van der Waals surface area contributed by atoms with Gasteiger partial charge in [0.05, 0.1) is 13.2 Å². The second-order valence-electron chi connectivity index (χ2n) is 7.93. The van der Waals surface area contributed by atoms with Gasteiger partial charge in [0.1, 0.15) is 6.54 Å².